The van der Waals surface area contributed by atoms with Gasteiger partial charge in [0.15, 0.2) is 0 Å². The first-order chi connectivity index (χ1) is 10.5. The van der Waals surface area contributed by atoms with Gasteiger partial charge in [-0.25, -0.2) is 4.79 Å². The fourth-order valence-corrected chi connectivity index (χ4v) is 3.25. The van der Waals surface area contributed by atoms with E-state index in [4.69, 9.17) is 5.73 Å². The van der Waals surface area contributed by atoms with Gasteiger partial charge in [-0.05, 0) is 50.1 Å². The van der Waals surface area contributed by atoms with E-state index in [1.54, 1.807) is 11.8 Å². The van der Waals surface area contributed by atoms with Crippen molar-refractivity contribution in [2.45, 2.75) is 37.1 Å². The highest BCUT2D eigenvalue weighted by Gasteiger charge is 2.28. The molecule has 0 spiro atoms. The molecule has 0 bridgehead atoms. The number of nitrogens with zero attached hydrogens (tertiary/aromatic N) is 1. The second-order valence-electron chi connectivity index (χ2n) is 5.57. The molecule has 1 atom stereocenters. The quantitative estimate of drug-likeness (QED) is 0.836. The average molecular weight is 321 g/mol. The molecule has 22 heavy (non-hydrogen) atoms. The molecule has 1 heterocycles. The maximum atomic E-state index is 12.9. The monoisotopic (exact) mass is 321 g/mol. The van der Waals surface area contributed by atoms with E-state index >= 15 is 0 Å². The Morgan fingerprint density at radius 2 is 2.18 bits per heavy atom. The molecule has 1 unspecified atom stereocenters. The zero-order valence-electron chi connectivity index (χ0n) is 13.1. The van der Waals surface area contributed by atoms with Crippen LogP contribution in [0.2, 0.25) is 0 Å². The van der Waals surface area contributed by atoms with Crippen molar-refractivity contribution in [2.24, 2.45) is 5.73 Å². The summed E-state index contributed by atoms with van der Waals surface area (Å²) in [7, 11) is 0. The normalized spacial score (nSPS) is 18.1. The summed E-state index contributed by atoms with van der Waals surface area (Å²) in [6.45, 7) is 3.10. The van der Waals surface area contributed by atoms with Crippen LogP contribution in [-0.2, 0) is 0 Å². The lowest BCUT2D eigenvalue weighted by atomic mass is 9.99. The first-order valence-corrected chi connectivity index (χ1v) is 8.74. The van der Waals surface area contributed by atoms with Gasteiger partial charge in [-0.1, -0.05) is 6.07 Å². The minimum Gasteiger partial charge on any atom is -0.352 e. The SMILES string of the molecule is CSc1ccc(C)c(C(=O)N2CCCCC2CNC(N)=O)c1. The molecule has 1 saturated heterocycles. The number of thioether (sulfide) groups is 1. The lowest BCUT2D eigenvalue weighted by Crippen LogP contribution is -2.50. The van der Waals surface area contributed by atoms with Crippen molar-refractivity contribution in [1.82, 2.24) is 10.2 Å². The van der Waals surface area contributed by atoms with Crippen LogP contribution >= 0.6 is 11.8 Å². The van der Waals surface area contributed by atoms with E-state index in [9.17, 15) is 9.59 Å². The number of nitrogens with two attached hydrogens (primary N) is 1. The van der Waals surface area contributed by atoms with Crippen LogP contribution in [0.1, 0.15) is 35.2 Å². The van der Waals surface area contributed by atoms with Crippen molar-refractivity contribution < 1.29 is 9.59 Å². The molecule has 0 radical (unpaired) electrons. The topological polar surface area (TPSA) is 75.4 Å². The number of aryl methyl sites for hydroxylation is 1. The van der Waals surface area contributed by atoms with E-state index in [1.165, 1.54) is 0 Å². The molecule has 1 aromatic rings. The molecule has 1 aliphatic heterocycles. The molecule has 6 heteroatoms. The summed E-state index contributed by atoms with van der Waals surface area (Å²) >= 11 is 1.63. The van der Waals surface area contributed by atoms with Crippen molar-refractivity contribution in [3.05, 3.63) is 29.3 Å². The summed E-state index contributed by atoms with van der Waals surface area (Å²) < 4.78 is 0. The van der Waals surface area contributed by atoms with E-state index in [-0.39, 0.29) is 11.9 Å². The minimum atomic E-state index is -0.543. The van der Waals surface area contributed by atoms with Crippen LogP contribution in [0.15, 0.2) is 23.1 Å². The van der Waals surface area contributed by atoms with Gasteiger partial charge in [-0.3, -0.25) is 4.79 Å². The molecule has 1 fully saturated rings. The van der Waals surface area contributed by atoms with Gasteiger partial charge in [0.1, 0.15) is 0 Å². The van der Waals surface area contributed by atoms with Crippen LogP contribution in [0.3, 0.4) is 0 Å². The minimum absolute atomic E-state index is 0.0195. The summed E-state index contributed by atoms with van der Waals surface area (Å²) in [5, 5.41) is 2.63. The number of rotatable bonds is 4. The van der Waals surface area contributed by atoms with Gasteiger partial charge in [-0.15, -0.1) is 11.8 Å². The molecule has 1 aromatic carbocycles. The highest BCUT2D eigenvalue weighted by molar-refractivity contribution is 7.98. The summed E-state index contributed by atoms with van der Waals surface area (Å²) in [5.41, 5.74) is 6.88. The number of nitrogens with one attached hydrogen (secondary N) is 1. The predicted octanol–water partition coefficient (Wildman–Crippen LogP) is 2.38. The predicted molar refractivity (Wildman–Crippen MR) is 89.2 cm³/mol. The fourth-order valence-electron chi connectivity index (χ4n) is 2.81. The second-order valence-corrected chi connectivity index (χ2v) is 6.45. The first-order valence-electron chi connectivity index (χ1n) is 7.52. The van der Waals surface area contributed by atoms with Crippen molar-refractivity contribution in [1.29, 1.82) is 0 Å². The third-order valence-corrected chi connectivity index (χ3v) is 4.80. The maximum absolute atomic E-state index is 12.9. The van der Waals surface area contributed by atoms with Gasteiger partial charge in [-0.2, -0.15) is 0 Å². The lowest BCUT2D eigenvalue weighted by molar-refractivity contribution is 0.0614. The smallest absolute Gasteiger partial charge is 0.312 e. The van der Waals surface area contributed by atoms with Crippen LogP contribution < -0.4 is 11.1 Å². The van der Waals surface area contributed by atoms with Gasteiger partial charge in [0.25, 0.3) is 5.91 Å². The van der Waals surface area contributed by atoms with E-state index in [0.29, 0.717) is 6.54 Å². The highest BCUT2D eigenvalue weighted by atomic mass is 32.2. The largest absolute Gasteiger partial charge is 0.352 e. The first kappa shape index (κ1) is 16.7. The standard InChI is InChI=1S/C16H23N3O2S/c1-11-6-7-13(22-2)9-14(11)15(20)19-8-4-3-5-12(19)10-18-16(17)21/h6-7,9,12H,3-5,8,10H2,1-2H3,(H3,17,18,21). The molecular formula is C16H23N3O2S. The van der Waals surface area contributed by atoms with Crippen molar-refractivity contribution in [3.63, 3.8) is 0 Å². The number of carbonyl (C=O) groups excluding carboxylic acids is 2. The molecular weight excluding hydrogens is 298 g/mol. The van der Waals surface area contributed by atoms with Crippen LogP contribution in [0.4, 0.5) is 4.79 Å². The van der Waals surface area contributed by atoms with Gasteiger partial charge in [0, 0.05) is 29.6 Å². The molecule has 120 valence electrons. The van der Waals surface area contributed by atoms with Crippen molar-refractivity contribution in [2.75, 3.05) is 19.3 Å². The number of amides is 3. The number of hydrogen-bond acceptors (Lipinski definition) is 3. The Hall–Kier alpha value is -1.69. The zero-order chi connectivity index (χ0) is 16.1. The lowest BCUT2D eigenvalue weighted by Gasteiger charge is -2.36. The van der Waals surface area contributed by atoms with E-state index in [1.807, 2.05) is 36.3 Å². The molecule has 3 amide bonds. The highest BCUT2D eigenvalue weighted by Crippen LogP contribution is 2.24. The van der Waals surface area contributed by atoms with Gasteiger partial charge in [0.05, 0.1) is 0 Å². The number of likely N-dealkylation sites (tertiary alicyclic amines) is 1. The third-order valence-electron chi connectivity index (χ3n) is 4.08. The number of piperidine rings is 1. The Morgan fingerprint density at radius 3 is 2.86 bits per heavy atom. The van der Waals surface area contributed by atoms with Gasteiger partial charge < -0.3 is 16.0 Å². The summed E-state index contributed by atoms with van der Waals surface area (Å²) in [6.07, 6.45) is 4.96. The van der Waals surface area contributed by atoms with Crippen LogP contribution in [0.5, 0.6) is 0 Å². The van der Waals surface area contributed by atoms with Crippen molar-refractivity contribution in [3.8, 4) is 0 Å². The van der Waals surface area contributed by atoms with Gasteiger partial charge >= 0.3 is 6.03 Å². The Balaban J connectivity index is 2.19. The maximum Gasteiger partial charge on any atom is 0.312 e. The molecule has 5 nitrogen and oxygen atoms in total. The molecule has 3 N–H and O–H groups in total. The number of primary amides is 1. The van der Waals surface area contributed by atoms with Crippen LogP contribution in [-0.4, -0.2) is 42.2 Å². The Bertz CT molecular complexity index is 562. The summed E-state index contributed by atoms with van der Waals surface area (Å²) in [5.74, 6) is 0.0457. The average Bonchev–Trinajstić information content (AvgIpc) is 2.53. The second kappa shape index (κ2) is 7.54. The fraction of sp³-hybridized carbons (Fsp3) is 0.500. The van der Waals surface area contributed by atoms with E-state index in [0.717, 1.165) is 41.8 Å². The molecule has 1 aliphatic rings. The molecule has 0 saturated carbocycles. The molecule has 0 aromatic heterocycles. The van der Waals surface area contributed by atoms with Crippen molar-refractivity contribution >= 4 is 23.7 Å². The van der Waals surface area contributed by atoms with E-state index in [2.05, 4.69) is 5.32 Å². The zero-order valence-corrected chi connectivity index (χ0v) is 13.9. The Kier molecular flexibility index (Phi) is 5.71. The summed E-state index contributed by atoms with van der Waals surface area (Å²) in [4.78, 5) is 26.8. The number of urea groups is 1. The number of hydrogen-bond donors (Lipinski definition) is 2. The van der Waals surface area contributed by atoms with E-state index < -0.39 is 6.03 Å². The Labute approximate surface area is 135 Å². The van der Waals surface area contributed by atoms with Crippen LogP contribution in [0, 0.1) is 6.92 Å². The molecule has 0 aliphatic carbocycles. The number of benzene rings is 1. The van der Waals surface area contributed by atoms with Gasteiger partial charge in [0.2, 0.25) is 0 Å². The molecule has 2 rings (SSSR count). The number of carbonyl (C=O) groups is 2. The Morgan fingerprint density at radius 1 is 1.41 bits per heavy atom. The third kappa shape index (κ3) is 3.94. The summed E-state index contributed by atoms with van der Waals surface area (Å²) in [6, 6.07) is 5.44. The van der Waals surface area contributed by atoms with Crippen LogP contribution in [0.25, 0.3) is 0 Å².